The van der Waals surface area contributed by atoms with Gasteiger partial charge in [-0.25, -0.2) is 0 Å². The average Bonchev–Trinajstić information content (AvgIpc) is 2.22. The minimum Gasteiger partial charge on any atom is -0.657 e. The van der Waals surface area contributed by atoms with Crippen molar-refractivity contribution in [1.29, 1.82) is 0 Å². The maximum Gasteiger partial charge on any atom is -0.0135 e. The lowest BCUT2D eigenvalue weighted by Crippen LogP contribution is -2.28. The molecule has 0 aromatic heterocycles. The van der Waals surface area contributed by atoms with Crippen LogP contribution in [0.25, 0.3) is 5.32 Å². The monoisotopic (exact) mass is 97.1 g/mol. The molecular weight excluding hydrogens is 88.1 g/mol. The number of nitrogens with zero attached hydrogens (tertiary/aromatic N) is 1. The fourth-order valence-corrected chi connectivity index (χ4v) is 1.35. The molecule has 0 aromatic rings. The molecule has 2 rings (SSSR count). The Bertz CT molecular complexity index is 64.1. The van der Waals surface area contributed by atoms with Crippen molar-refractivity contribution < 1.29 is 0 Å². The average molecular weight is 97.1 g/mol. The highest BCUT2D eigenvalue weighted by Crippen LogP contribution is 2.23. The van der Waals surface area contributed by atoms with Crippen LogP contribution in [0.2, 0.25) is 0 Å². The lowest BCUT2D eigenvalue weighted by Gasteiger charge is -2.24. The maximum absolute atomic E-state index is 4.34. The summed E-state index contributed by atoms with van der Waals surface area (Å²) in [5, 5.41) is 7.70. The lowest BCUT2D eigenvalue weighted by atomic mass is 10.3. The molecular formula is C5H9N2-. The van der Waals surface area contributed by atoms with E-state index < -0.39 is 0 Å². The van der Waals surface area contributed by atoms with Gasteiger partial charge in [-0.05, 0) is 12.6 Å². The second-order valence-corrected chi connectivity index (χ2v) is 2.36. The Kier molecular flexibility index (Phi) is 0.664. The van der Waals surface area contributed by atoms with E-state index in [2.05, 4.69) is 10.6 Å². The minimum absolute atomic E-state index is 0.685. The van der Waals surface area contributed by atoms with Gasteiger partial charge in [-0.15, -0.1) is 12.6 Å². The van der Waals surface area contributed by atoms with E-state index in [1.165, 1.54) is 6.42 Å². The van der Waals surface area contributed by atoms with Crippen LogP contribution in [0.5, 0.6) is 0 Å². The predicted molar refractivity (Wildman–Crippen MR) is 28.4 cm³/mol. The normalized spacial score (nSPS) is 48.0. The fraction of sp³-hybridized carbons (Fsp3) is 1.00. The molecule has 40 valence electrons. The largest absolute Gasteiger partial charge is 0.657 e. The van der Waals surface area contributed by atoms with Gasteiger partial charge in [-0.3, -0.25) is 0 Å². The Balaban J connectivity index is 2.12. The van der Waals surface area contributed by atoms with E-state index in [0.717, 1.165) is 19.1 Å². The van der Waals surface area contributed by atoms with Crippen molar-refractivity contribution in [2.24, 2.45) is 0 Å². The van der Waals surface area contributed by atoms with Crippen molar-refractivity contribution in [3.8, 4) is 0 Å². The predicted octanol–water partition coefficient (Wildman–Crippen LogP) is 0.104. The van der Waals surface area contributed by atoms with Gasteiger partial charge in [-0.1, -0.05) is 6.42 Å². The smallest absolute Gasteiger partial charge is 0.0135 e. The molecule has 0 radical (unpaired) electrons. The number of rotatable bonds is 0. The van der Waals surface area contributed by atoms with Crippen LogP contribution in [0.3, 0.4) is 0 Å². The summed E-state index contributed by atoms with van der Waals surface area (Å²) in [7, 11) is 0. The van der Waals surface area contributed by atoms with E-state index in [-0.39, 0.29) is 0 Å². The van der Waals surface area contributed by atoms with Gasteiger partial charge in [0.15, 0.2) is 0 Å². The highest BCUT2D eigenvalue weighted by Gasteiger charge is 2.20. The summed E-state index contributed by atoms with van der Waals surface area (Å²) in [6, 6.07) is 1.44. The van der Waals surface area contributed by atoms with Crippen molar-refractivity contribution in [2.75, 3.05) is 13.1 Å². The zero-order chi connectivity index (χ0) is 4.69. The van der Waals surface area contributed by atoms with E-state index in [1.807, 2.05) is 0 Å². The summed E-state index contributed by atoms with van der Waals surface area (Å²) < 4.78 is 0. The molecule has 0 spiro atoms. The van der Waals surface area contributed by atoms with Crippen molar-refractivity contribution in [3.05, 3.63) is 5.32 Å². The quantitative estimate of drug-likeness (QED) is 0.456. The molecule has 1 N–H and O–H groups in total. The van der Waals surface area contributed by atoms with Crippen LogP contribution in [0, 0.1) is 0 Å². The standard InChI is InChI=1S/C5H9N2/c1-4-2-6-5(1)3-7-4/h4-6H,1-3H2/q-1. The molecule has 2 saturated heterocycles. The molecule has 0 saturated carbocycles. The van der Waals surface area contributed by atoms with E-state index >= 15 is 0 Å². The minimum atomic E-state index is 0.685. The van der Waals surface area contributed by atoms with Crippen LogP contribution < -0.4 is 5.32 Å². The third kappa shape index (κ3) is 0.469. The second kappa shape index (κ2) is 1.20. The van der Waals surface area contributed by atoms with Gasteiger partial charge in [0.1, 0.15) is 0 Å². The highest BCUT2D eigenvalue weighted by atomic mass is 15.1. The van der Waals surface area contributed by atoms with Crippen molar-refractivity contribution in [3.63, 3.8) is 0 Å². The van der Waals surface area contributed by atoms with Gasteiger partial charge in [0.25, 0.3) is 0 Å². The van der Waals surface area contributed by atoms with Gasteiger partial charge in [0.2, 0.25) is 0 Å². The molecule has 2 atom stereocenters. The van der Waals surface area contributed by atoms with Crippen LogP contribution in [0.15, 0.2) is 0 Å². The molecule has 2 unspecified atom stereocenters. The third-order valence-corrected chi connectivity index (χ3v) is 1.78. The Morgan fingerprint density at radius 3 is 2.71 bits per heavy atom. The van der Waals surface area contributed by atoms with Gasteiger partial charge < -0.3 is 10.6 Å². The fourth-order valence-electron chi connectivity index (χ4n) is 1.35. The van der Waals surface area contributed by atoms with E-state index in [0.29, 0.717) is 6.04 Å². The SMILES string of the molecule is C1NC2C[N-]C1C2. The first kappa shape index (κ1) is 3.87. The molecule has 0 aromatic carbocycles. The molecule has 2 heterocycles. The van der Waals surface area contributed by atoms with Crippen LogP contribution in [-0.2, 0) is 0 Å². The molecule has 7 heavy (non-hydrogen) atoms. The molecule has 2 aliphatic heterocycles. The first-order chi connectivity index (χ1) is 3.45. The second-order valence-electron chi connectivity index (χ2n) is 2.36. The molecule has 0 amide bonds. The third-order valence-electron chi connectivity index (χ3n) is 1.78. The van der Waals surface area contributed by atoms with Gasteiger partial charge in [-0.2, -0.15) is 0 Å². The summed E-state index contributed by atoms with van der Waals surface area (Å²) >= 11 is 0. The number of fused-ring (bicyclic) bond motifs is 2. The van der Waals surface area contributed by atoms with Crippen LogP contribution >= 0.6 is 0 Å². The van der Waals surface area contributed by atoms with Gasteiger partial charge >= 0.3 is 0 Å². The first-order valence-electron chi connectivity index (χ1n) is 2.85. The van der Waals surface area contributed by atoms with E-state index in [1.54, 1.807) is 0 Å². The van der Waals surface area contributed by atoms with Crippen LogP contribution in [-0.4, -0.2) is 25.2 Å². The Morgan fingerprint density at radius 2 is 2.57 bits per heavy atom. The Morgan fingerprint density at radius 1 is 1.57 bits per heavy atom. The first-order valence-corrected chi connectivity index (χ1v) is 2.85. The number of hydrogen-bond donors (Lipinski definition) is 1. The summed E-state index contributed by atoms with van der Waals surface area (Å²) in [6.45, 7) is 2.22. The van der Waals surface area contributed by atoms with Crippen LogP contribution in [0.1, 0.15) is 6.42 Å². The van der Waals surface area contributed by atoms with Crippen molar-refractivity contribution in [1.82, 2.24) is 5.32 Å². The Hall–Kier alpha value is -0.0800. The summed E-state index contributed by atoms with van der Waals surface area (Å²) in [5.41, 5.74) is 0. The summed E-state index contributed by atoms with van der Waals surface area (Å²) in [5.74, 6) is 0. The van der Waals surface area contributed by atoms with Crippen LogP contribution in [0.4, 0.5) is 0 Å². The zero-order valence-corrected chi connectivity index (χ0v) is 4.22. The van der Waals surface area contributed by atoms with E-state index in [4.69, 9.17) is 0 Å². The van der Waals surface area contributed by atoms with Crippen molar-refractivity contribution >= 4 is 0 Å². The Labute approximate surface area is 43.3 Å². The summed E-state index contributed by atoms with van der Waals surface area (Å²) in [6.07, 6.45) is 1.31. The molecule has 2 heteroatoms. The number of nitrogens with one attached hydrogen (secondary N) is 1. The molecule has 2 bridgehead atoms. The number of hydrogen-bond acceptors (Lipinski definition) is 1. The molecule has 2 nitrogen and oxygen atoms in total. The van der Waals surface area contributed by atoms with E-state index in [9.17, 15) is 0 Å². The van der Waals surface area contributed by atoms with Gasteiger partial charge in [0, 0.05) is 0 Å². The summed E-state index contributed by atoms with van der Waals surface area (Å²) in [4.78, 5) is 0. The highest BCUT2D eigenvalue weighted by molar-refractivity contribution is 5.11. The maximum atomic E-state index is 4.34. The molecule has 2 fully saturated rings. The molecule has 2 aliphatic rings. The topological polar surface area (TPSA) is 26.1 Å². The van der Waals surface area contributed by atoms with Crippen molar-refractivity contribution in [2.45, 2.75) is 18.5 Å². The lowest BCUT2D eigenvalue weighted by molar-refractivity contribution is 0.642. The van der Waals surface area contributed by atoms with Gasteiger partial charge in [0.05, 0.1) is 0 Å². The number of piperazine rings is 1. The molecule has 0 aliphatic carbocycles. The zero-order valence-electron chi connectivity index (χ0n) is 4.22.